The average molecular weight is 348 g/mol. The third kappa shape index (κ3) is 4.33. The Kier molecular flexibility index (Phi) is 5.18. The monoisotopic (exact) mass is 347 g/mol. The zero-order valence-electron chi connectivity index (χ0n) is 11.2. The molecule has 0 aliphatic carbocycles. The summed E-state index contributed by atoms with van der Waals surface area (Å²) in [6.07, 6.45) is 0. The molecule has 106 valence electrons. The molecule has 0 heterocycles. The SMILES string of the molecule is C=C(Br)COc1cc(C)c(S(N)(=O)=O)cc1C(C)C. The molecule has 0 radical (unpaired) electrons. The number of halogens is 1. The Bertz CT molecular complexity index is 594. The van der Waals surface area contributed by atoms with Crippen LogP contribution in [-0.2, 0) is 10.0 Å². The van der Waals surface area contributed by atoms with E-state index in [0.717, 1.165) is 10.0 Å². The summed E-state index contributed by atoms with van der Waals surface area (Å²) in [7, 11) is -3.72. The smallest absolute Gasteiger partial charge is 0.238 e. The van der Waals surface area contributed by atoms with Crippen molar-refractivity contribution in [2.75, 3.05) is 6.61 Å². The Morgan fingerprint density at radius 2 is 2.05 bits per heavy atom. The second-order valence-electron chi connectivity index (χ2n) is 4.66. The van der Waals surface area contributed by atoms with Crippen LogP contribution >= 0.6 is 15.9 Å². The van der Waals surface area contributed by atoms with E-state index in [-0.39, 0.29) is 10.8 Å². The van der Waals surface area contributed by atoms with Gasteiger partial charge in [0.25, 0.3) is 0 Å². The zero-order valence-corrected chi connectivity index (χ0v) is 13.6. The molecule has 4 nitrogen and oxygen atoms in total. The van der Waals surface area contributed by atoms with E-state index in [4.69, 9.17) is 9.88 Å². The first-order valence-electron chi connectivity index (χ1n) is 5.76. The molecule has 0 atom stereocenters. The number of ether oxygens (including phenoxy) is 1. The maximum atomic E-state index is 11.5. The molecule has 0 fully saturated rings. The zero-order chi connectivity index (χ0) is 14.8. The molecule has 0 aliphatic heterocycles. The summed E-state index contributed by atoms with van der Waals surface area (Å²) in [6, 6.07) is 3.28. The Morgan fingerprint density at radius 1 is 1.47 bits per heavy atom. The molecule has 0 bridgehead atoms. The lowest BCUT2D eigenvalue weighted by atomic mass is 10.0. The van der Waals surface area contributed by atoms with Crippen molar-refractivity contribution in [2.45, 2.75) is 31.6 Å². The van der Waals surface area contributed by atoms with Gasteiger partial charge in [-0.15, -0.1) is 0 Å². The second-order valence-corrected chi connectivity index (χ2v) is 7.31. The van der Waals surface area contributed by atoms with Gasteiger partial charge in [-0.2, -0.15) is 0 Å². The van der Waals surface area contributed by atoms with Gasteiger partial charge in [0.05, 0.1) is 4.90 Å². The first-order valence-corrected chi connectivity index (χ1v) is 8.10. The van der Waals surface area contributed by atoms with Crippen LogP contribution in [0.5, 0.6) is 5.75 Å². The minimum Gasteiger partial charge on any atom is -0.488 e. The van der Waals surface area contributed by atoms with Crippen molar-refractivity contribution in [2.24, 2.45) is 5.14 Å². The van der Waals surface area contributed by atoms with E-state index in [2.05, 4.69) is 22.5 Å². The van der Waals surface area contributed by atoms with Gasteiger partial charge in [-0.3, -0.25) is 0 Å². The van der Waals surface area contributed by atoms with Crippen molar-refractivity contribution in [1.82, 2.24) is 0 Å². The maximum absolute atomic E-state index is 11.5. The van der Waals surface area contributed by atoms with Crippen molar-refractivity contribution in [3.8, 4) is 5.75 Å². The molecule has 0 saturated heterocycles. The van der Waals surface area contributed by atoms with Gasteiger partial charge in [0.2, 0.25) is 10.0 Å². The number of benzene rings is 1. The van der Waals surface area contributed by atoms with E-state index in [0.29, 0.717) is 17.9 Å². The van der Waals surface area contributed by atoms with Crippen LogP contribution in [0.4, 0.5) is 0 Å². The minimum absolute atomic E-state index is 0.125. The summed E-state index contributed by atoms with van der Waals surface area (Å²) in [6.45, 7) is 9.65. The van der Waals surface area contributed by atoms with Crippen molar-refractivity contribution < 1.29 is 13.2 Å². The molecular formula is C13H18BrNO3S. The van der Waals surface area contributed by atoms with Crippen LogP contribution in [0.3, 0.4) is 0 Å². The van der Waals surface area contributed by atoms with Crippen molar-refractivity contribution in [3.05, 3.63) is 34.3 Å². The molecule has 1 rings (SSSR count). The number of aryl methyl sites for hydroxylation is 1. The first kappa shape index (κ1) is 16.2. The van der Waals surface area contributed by atoms with Gasteiger partial charge >= 0.3 is 0 Å². The van der Waals surface area contributed by atoms with Gasteiger partial charge in [-0.05, 0) is 36.1 Å². The van der Waals surface area contributed by atoms with Gasteiger partial charge in [-0.1, -0.05) is 36.4 Å². The summed E-state index contributed by atoms with van der Waals surface area (Å²) >= 11 is 3.22. The van der Waals surface area contributed by atoms with Gasteiger partial charge in [-0.25, -0.2) is 13.6 Å². The summed E-state index contributed by atoms with van der Waals surface area (Å²) in [5.41, 5.74) is 1.38. The fourth-order valence-corrected chi connectivity index (χ4v) is 2.63. The second kappa shape index (κ2) is 6.07. The van der Waals surface area contributed by atoms with E-state index in [1.165, 1.54) is 0 Å². The molecule has 2 N–H and O–H groups in total. The van der Waals surface area contributed by atoms with E-state index >= 15 is 0 Å². The largest absolute Gasteiger partial charge is 0.488 e. The third-order valence-electron chi connectivity index (χ3n) is 2.62. The lowest BCUT2D eigenvalue weighted by Crippen LogP contribution is -2.15. The Morgan fingerprint density at radius 3 is 2.47 bits per heavy atom. The maximum Gasteiger partial charge on any atom is 0.238 e. The average Bonchev–Trinajstić information content (AvgIpc) is 2.23. The molecule has 0 spiro atoms. The highest BCUT2D eigenvalue weighted by Crippen LogP contribution is 2.31. The Hall–Kier alpha value is -0.850. The van der Waals surface area contributed by atoms with Crippen LogP contribution in [0.1, 0.15) is 30.9 Å². The molecule has 1 aromatic carbocycles. The fourth-order valence-electron chi connectivity index (χ4n) is 1.72. The van der Waals surface area contributed by atoms with Crippen LogP contribution < -0.4 is 9.88 Å². The Balaban J connectivity index is 3.33. The predicted octanol–water partition coefficient (Wildman–Crippen LogP) is 3.05. The lowest BCUT2D eigenvalue weighted by molar-refractivity contribution is 0.354. The lowest BCUT2D eigenvalue weighted by Gasteiger charge is -2.16. The standard InChI is InChI=1S/C13H18BrNO3S/c1-8(2)11-6-13(19(15,16)17)9(3)5-12(11)18-7-10(4)14/h5-6,8H,4,7H2,1-3H3,(H2,15,16,17). The highest BCUT2D eigenvalue weighted by molar-refractivity contribution is 9.11. The summed E-state index contributed by atoms with van der Waals surface area (Å²) in [4.78, 5) is 0.140. The van der Waals surface area contributed by atoms with Gasteiger partial charge < -0.3 is 4.74 Å². The van der Waals surface area contributed by atoms with E-state index in [1.807, 2.05) is 13.8 Å². The van der Waals surface area contributed by atoms with Crippen molar-refractivity contribution >= 4 is 26.0 Å². The number of sulfonamides is 1. The molecule has 0 amide bonds. The summed E-state index contributed by atoms with van der Waals surface area (Å²) in [5, 5.41) is 5.21. The number of primary sulfonamides is 1. The number of rotatable bonds is 5. The molecule has 6 heteroatoms. The van der Waals surface area contributed by atoms with Crippen LogP contribution in [0.15, 0.2) is 28.1 Å². The highest BCUT2D eigenvalue weighted by Gasteiger charge is 2.18. The van der Waals surface area contributed by atoms with Gasteiger partial charge in [0, 0.05) is 4.48 Å². The van der Waals surface area contributed by atoms with E-state index in [1.54, 1.807) is 19.1 Å². The molecule has 0 unspecified atom stereocenters. The van der Waals surface area contributed by atoms with Crippen LogP contribution in [0, 0.1) is 6.92 Å². The van der Waals surface area contributed by atoms with Gasteiger partial charge in [0.1, 0.15) is 12.4 Å². The van der Waals surface area contributed by atoms with E-state index in [9.17, 15) is 8.42 Å². The molecular weight excluding hydrogens is 330 g/mol. The first-order chi connectivity index (χ1) is 8.62. The summed E-state index contributed by atoms with van der Waals surface area (Å²) < 4.78 is 29.4. The molecule has 0 saturated carbocycles. The van der Waals surface area contributed by atoms with Crippen LogP contribution in [-0.4, -0.2) is 15.0 Å². The minimum atomic E-state index is -3.72. The molecule has 19 heavy (non-hydrogen) atoms. The topological polar surface area (TPSA) is 69.4 Å². The van der Waals surface area contributed by atoms with Crippen molar-refractivity contribution in [3.63, 3.8) is 0 Å². The normalized spacial score (nSPS) is 11.7. The van der Waals surface area contributed by atoms with Crippen LogP contribution in [0.25, 0.3) is 0 Å². The van der Waals surface area contributed by atoms with Crippen LogP contribution in [0.2, 0.25) is 0 Å². The quantitative estimate of drug-likeness (QED) is 0.889. The highest BCUT2D eigenvalue weighted by atomic mass is 79.9. The van der Waals surface area contributed by atoms with Crippen molar-refractivity contribution in [1.29, 1.82) is 0 Å². The molecule has 1 aromatic rings. The van der Waals surface area contributed by atoms with E-state index < -0.39 is 10.0 Å². The third-order valence-corrected chi connectivity index (χ3v) is 3.90. The number of hydrogen-bond donors (Lipinski definition) is 1. The van der Waals surface area contributed by atoms with Gasteiger partial charge in [0.15, 0.2) is 0 Å². The predicted molar refractivity (Wildman–Crippen MR) is 80.2 cm³/mol. The number of nitrogens with two attached hydrogens (primary N) is 1. The fraction of sp³-hybridized carbons (Fsp3) is 0.385. The number of hydrogen-bond acceptors (Lipinski definition) is 3. The molecule has 0 aromatic heterocycles. The Labute approximate surface area is 122 Å². The summed E-state index contributed by atoms with van der Waals surface area (Å²) in [5.74, 6) is 0.778. The molecule has 0 aliphatic rings.